The number of aliphatic hydroxyl groups excluding tert-OH is 1. The molecule has 1 aliphatic rings. The number of aliphatic hydroxyl groups is 1. The van der Waals surface area contributed by atoms with Gasteiger partial charge in [-0.15, -0.1) is 0 Å². The van der Waals surface area contributed by atoms with E-state index >= 15 is 0 Å². The molecular weight excluding hydrogens is 381 g/mol. The van der Waals surface area contributed by atoms with Crippen LogP contribution in [0.15, 0.2) is 34.4 Å². The van der Waals surface area contributed by atoms with Crippen LogP contribution in [0.4, 0.5) is 24.8 Å². The lowest BCUT2D eigenvalue weighted by molar-refractivity contribution is -0.143. The zero-order chi connectivity index (χ0) is 19.8. The van der Waals surface area contributed by atoms with Gasteiger partial charge < -0.3 is 21.5 Å². The Labute approximate surface area is 158 Å². The van der Waals surface area contributed by atoms with Gasteiger partial charge in [-0.3, -0.25) is 4.98 Å². The lowest BCUT2D eigenvalue weighted by Crippen LogP contribution is -2.59. The fraction of sp³-hybridized carbons (Fsp3) is 0.438. The minimum absolute atomic E-state index is 0.00468. The number of hydrogen-bond donors (Lipinski definition) is 3. The second-order valence-corrected chi connectivity index (χ2v) is 7.62. The third kappa shape index (κ3) is 4.25. The monoisotopic (exact) mass is 400 g/mol. The van der Waals surface area contributed by atoms with E-state index in [1.54, 1.807) is 11.8 Å². The van der Waals surface area contributed by atoms with Crippen LogP contribution in [-0.4, -0.2) is 44.8 Å². The molecule has 0 aromatic carbocycles. The van der Waals surface area contributed by atoms with Crippen molar-refractivity contribution in [2.24, 2.45) is 5.73 Å². The first-order valence-electron chi connectivity index (χ1n) is 8.12. The molecule has 0 spiro atoms. The van der Waals surface area contributed by atoms with Gasteiger partial charge in [0.15, 0.2) is 11.5 Å². The summed E-state index contributed by atoms with van der Waals surface area (Å²) >= 11 is 0.754. The second kappa shape index (κ2) is 7.13. The molecule has 0 aliphatic carbocycles. The van der Waals surface area contributed by atoms with E-state index < -0.39 is 23.5 Å². The van der Waals surface area contributed by atoms with E-state index in [0.717, 1.165) is 18.0 Å². The van der Waals surface area contributed by atoms with Crippen molar-refractivity contribution in [2.45, 2.75) is 41.1 Å². The molecule has 0 radical (unpaired) electrons. The van der Waals surface area contributed by atoms with Crippen LogP contribution < -0.4 is 16.4 Å². The van der Waals surface area contributed by atoms with Crippen LogP contribution in [0.25, 0.3) is 0 Å². The van der Waals surface area contributed by atoms with Gasteiger partial charge >= 0.3 is 6.18 Å². The summed E-state index contributed by atoms with van der Waals surface area (Å²) in [6, 6.07) is 2.72. The van der Waals surface area contributed by atoms with Gasteiger partial charge in [0.2, 0.25) is 0 Å². The SMILES string of the molecule is C[C@]1(N)CCN(c2cnc(Sc3cccnc3C(F)(F)F)c(N)n2)C[C@@H]1O. The highest BCUT2D eigenvalue weighted by atomic mass is 32.2. The number of hydrogen-bond acceptors (Lipinski definition) is 8. The van der Waals surface area contributed by atoms with Gasteiger partial charge in [-0.05, 0) is 25.5 Å². The fourth-order valence-corrected chi connectivity index (χ4v) is 3.54. The average molecular weight is 400 g/mol. The average Bonchev–Trinajstić information content (AvgIpc) is 2.59. The lowest BCUT2D eigenvalue weighted by atomic mass is 9.88. The van der Waals surface area contributed by atoms with Gasteiger partial charge in [0.05, 0.1) is 12.3 Å². The molecule has 7 nitrogen and oxygen atoms in total. The molecule has 3 rings (SSSR count). The predicted octanol–water partition coefficient (Wildman–Crippen LogP) is 1.91. The summed E-state index contributed by atoms with van der Waals surface area (Å²) < 4.78 is 39.2. The quantitative estimate of drug-likeness (QED) is 0.716. The first-order valence-corrected chi connectivity index (χ1v) is 8.94. The van der Waals surface area contributed by atoms with Crippen LogP contribution in [0.2, 0.25) is 0 Å². The van der Waals surface area contributed by atoms with E-state index in [1.165, 1.54) is 18.3 Å². The van der Waals surface area contributed by atoms with Crippen molar-refractivity contribution in [1.82, 2.24) is 15.0 Å². The summed E-state index contributed by atoms with van der Waals surface area (Å²) in [7, 11) is 0. The maximum atomic E-state index is 13.1. The Morgan fingerprint density at radius 2 is 2.11 bits per heavy atom. The van der Waals surface area contributed by atoms with Crippen LogP contribution in [0.5, 0.6) is 0 Å². The topological polar surface area (TPSA) is 114 Å². The van der Waals surface area contributed by atoms with Crippen molar-refractivity contribution in [1.29, 1.82) is 0 Å². The normalized spacial score (nSPS) is 23.5. The highest BCUT2D eigenvalue weighted by molar-refractivity contribution is 7.99. The maximum absolute atomic E-state index is 13.1. The summed E-state index contributed by atoms with van der Waals surface area (Å²) in [5, 5.41) is 10.3. The number of nitrogens with zero attached hydrogens (tertiary/aromatic N) is 4. The predicted molar refractivity (Wildman–Crippen MR) is 95.2 cm³/mol. The molecule has 146 valence electrons. The first kappa shape index (κ1) is 19.6. The van der Waals surface area contributed by atoms with Crippen molar-refractivity contribution in [3.63, 3.8) is 0 Å². The van der Waals surface area contributed by atoms with Crippen LogP contribution >= 0.6 is 11.8 Å². The maximum Gasteiger partial charge on any atom is 0.434 e. The summed E-state index contributed by atoms with van der Waals surface area (Å²) in [6.07, 6.45) is -2.26. The standard InChI is InChI=1S/C16H19F3N6OS/c1-15(21)4-6-25(8-10(15)26)11-7-23-14(13(20)24-11)27-9-3-2-5-22-12(9)16(17,18)19/h2-3,5,7,10,26H,4,6,8,21H2,1H3,(H2,20,24)/t10-,15-/m0/s1. The number of β-amino-alcohol motifs (C(OH)–C–C–N with tert-alkyl or cyclic N) is 1. The van der Waals surface area contributed by atoms with E-state index in [2.05, 4.69) is 15.0 Å². The van der Waals surface area contributed by atoms with Gasteiger partial charge in [-0.2, -0.15) is 13.2 Å². The number of piperidine rings is 1. The fourth-order valence-electron chi connectivity index (χ4n) is 2.66. The molecule has 11 heteroatoms. The zero-order valence-corrected chi connectivity index (χ0v) is 15.3. The van der Waals surface area contributed by atoms with Crippen LogP contribution in [0.1, 0.15) is 19.0 Å². The zero-order valence-electron chi connectivity index (χ0n) is 14.4. The van der Waals surface area contributed by atoms with Gasteiger partial charge in [-0.25, -0.2) is 9.97 Å². The second-order valence-electron chi connectivity index (χ2n) is 6.59. The largest absolute Gasteiger partial charge is 0.434 e. The van der Waals surface area contributed by atoms with Crippen molar-refractivity contribution in [2.75, 3.05) is 23.7 Å². The van der Waals surface area contributed by atoms with Crippen molar-refractivity contribution in [3.05, 3.63) is 30.2 Å². The number of aromatic nitrogens is 3. The molecular formula is C16H19F3N6OS. The van der Waals surface area contributed by atoms with Crippen LogP contribution in [0, 0.1) is 0 Å². The molecule has 0 bridgehead atoms. The van der Waals surface area contributed by atoms with Gasteiger partial charge in [0.25, 0.3) is 0 Å². The Kier molecular flexibility index (Phi) is 5.19. The molecule has 0 amide bonds. The van der Waals surface area contributed by atoms with Gasteiger partial charge in [-0.1, -0.05) is 11.8 Å². The minimum Gasteiger partial charge on any atom is -0.389 e. The number of nitrogen functional groups attached to an aromatic ring is 1. The van der Waals surface area contributed by atoms with Crippen molar-refractivity contribution >= 4 is 23.4 Å². The van der Waals surface area contributed by atoms with Crippen LogP contribution in [-0.2, 0) is 6.18 Å². The molecule has 2 aromatic heterocycles. The Morgan fingerprint density at radius 3 is 2.74 bits per heavy atom. The Bertz CT molecular complexity index is 832. The van der Waals surface area contributed by atoms with E-state index in [-0.39, 0.29) is 22.3 Å². The third-order valence-electron chi connectivity index (χ3n) is 4.40. The summed E-state index contributed by atoms with van der Waals surface area (Å²) in [5.41, 5.74) is 10.2. The number of anilines is 2. The number of halogens is 3. The van der Waals surface area contributed by atoms with E-state index in [9.17, 15) is 18.3 Å². The third-order valence-corrected chi connectivity index (χ3v) is 5.45. The van der Waals surface area contributed by atoms with Crippen molar-refractivity contribution in [3.8, 4) is 0 Å². The molecule has 3 heterocycles. The number of alkyl halides is 3. The van der Waals surface area contributed by atoms with E-state index in [0.29, 0.717) is 18.8 Å². The van der Waals surface area contributed by atoms with E-state index in [4.69, 9.17) is 11.5 Å². The smallest absolute Gasteiger partial charge is 0.389 e. The number of pyridine rings is 1. The molecule has 0 saturated carbocycles. The van der Waals surface area contributed by atoms with E-state index in [1.807, 2.05) is 0 Å². The molecule has 1 fully saturated rings. The van der Waals surface area contributed by atoms with Gasteiger partial charge in [0.1, 0.15) is 10.8 Å². The molecule has 27 heavy (non-hydrogen) atoms. The highest BCUT2D eigenvalue weighted by Gasteiger charge is 2.37. The van der Waals surface area contributed by atoms with Crippen molar-refractivity contribution < 1.29 is 18.3 Å². The first-order chi connectivity index (χ1) is 12.6. The number of nitrogens with two attached hydrogens (primary N) is 2. The Hall–Kier alpha value is -2.11. The highest BCUT2D eigenvalue weighted by Crippen LogP contribution is 2.39. The Balaban J connectivity index is 1.81. The number of rotatable bonds is 3. The molecule has 5 N–H and O–H groups in total. The molecule has 2 atom stereocenters. The van der Waals surface area contributed by atoms with Gasteiger partial charge in [0, 0.05) is 29.7 Å². The summed E-state index contributed by atoms with van der Waals surface area (Å²) in [4.78, 5) is 13.5. The van der Waals surface area contributed by atoms with Crippen LogP contribution in [0.3, 0.4) is 0 Å². The summed E-state index contributed by atoms with van der Waals surface area (Å²) in [6.45, 7) is 2.61. The molecule has 2 aromatic rings. The minimum atomic E-state index is -4.58. The lowest BCUT2D eigenvalue weighted by Gasteiger charge is -2.41. The molecule has 1 saturated heterocycles. The Morgan fingerprint density at radius 1 is 1.37 bits per heavy atom. The molecule has 0 unspecified atom stereocenters. The molecule has 1 aliphatic heterocycles. The summed E-state index contributed by atoms with van der Waals surface area (Å²) in [5.74, 6) is 0.443.